The second-order valence-corrected chi connectivity index (χ2v) is 3.58. The summed E-state index contributed by atoms with van der Waals surface area (Å²) in [6.07, 6.45) is 0.971. The molecule has 66 valence electrons. The molecule has 0 aromatic heterocycles. The quantitative estimate of drug-likeness (QED) is 0.598. The molecule has 0 radical (unpaired) electrons. The van der Waals surface area contributed by atoms with Crippen molar-refractivity contribution < 1.29 is 4.74 Å². The summed E-state index contributed by atoms with van der Waals surface area (Å²) in [6.45, 7) is 6.97. The minimum absolute atomic E-state index is 0.336. The molecule has 1 rings (SSSR count). The Morgan fingerprint density at radius 3 is 2.67 bits per heavy atom. The van der Waals surface area contributed by atoms with Crippen LogP contribution >= 0.6 is 0 Å². The number of ether oxygens (including phenoxy) is 1. The van der Waals surface area contributed by atoms with Gasteiger partial charge in [-0.3, -0.25) is 0 Å². The van der Waals surface area contributed by atoms with E-state index in [1.54, 1.807) is 0 Å². The van der Waals surface area contributed by atoms with Crippen molar-refractivity contribution in [2.75, 3.05) is 6.61 Å². The molecular weight excluding hydrogens is 150 g/mol. The van der Waals surface area contributed by atoms with Crippen LogP contribution in [0.5, 0.6) is 0 Å². The van der Waals surface area contributed by atoms with Gasteiger partial charge < -0.3 is 4.74 Å². The lowest BCUT2D eigenvalue weighted by atomic mass is 9.92. The van der Waals surface area contributed by atoms with Gasteiger partial charge >= 0.3 is 0 Å². The topological polar surface area (TPSA) is 33.0 Å². The Balaban J connectivity index is 2.96. The van der Waals surface area contributed by atoms with E-state index >= 15 is 0 Å². The third-order valence-electron chi connectivity index (χ3n) is 2.21. The molecule has 2 heteroatoms. The minimum Gasteiger partial charge on any atom is -0.497 e. The van der Waals surface area contributed by atoms with Crippen LogP contribution in [-0.2, 0) is 4.74 Å². The second-order valence-electron chi connectivity index (χ2n) is 3.58. The van der Waals surface area contributed by atoms with Gasteiger partial charge in [0.15, 0.2) is 0 Å². The maximum absolute atomic E-state index is 8.89. The number of hydrogen-bond acceptors (Lipinski definition) is 2. The first kappa shape index (κ1) is 9.12. The van der Waals surface area contributed by atoms with Crippen LogP contribution in [0, 0.1) is 23.2 Å². The van der Waals surface area contributed by atoms with Crippen molar-refractivity contribution in [2.24, 2.45) is 11.8 Å². The van der Waals surface area contributed by atoms with E-state index in [1.807, 2.05) is 0 Å². The summed E-state index contributed by atoms with van der Waals surface area (Å²) in [4.78, 5) is 0. The van der Waals surface area contributed by atoms with Crippen LogP contribution < -0.4 is 0 Å². The zero-order chi connectivity index (χ0) is 9.14. The summed E-state index contributed by atoms with van der Waals surface area (Å²) in [5, 5.41) is 8.89. The summed E-state index contributed by atoms with van der Waals surface area (Å²) in [5.74, 6) is 1.61. The summed E-state index contributed by atoms with van der Waals surface area (Å²) < 4.78 is 5.47. The van der Waals surface area contributed by atoms with Crippen molar-refractivity contribution in [1.29, 1.82) is 5.26 Å². The van der Waals surface area contributed by atoms with Crippen molar-refractivity contribution >= 4 is 0 Å². The van der Waals surface area contributed by atoms with Crippen molar-refractivity contribution in [2.45, 2.75) is 27.2 Å². The van der Waals surface area contributed by atoms with Gasteiger partial charge in [-0.25, -0.2) is 0 Å². The summed E-state index contributed by atoms with van der Waals surface area (Å²) in [7, 11) is 0. The predicted octanol–water partition coefficient (Wildman–Crippen LogP) is 2.48. The maximum Gasteiger partial charge on any atom is 0.112 e. The van der Waals surface area contributed by atoms with Gasteiger partial charge in [-0.05, 0) is 12.3 Å². The van der Waals surface area contributed by atoms with Gasteiger partial charge in [0.25, 0.3) is 0 Å². The molecule has 0 aliphatic carbocycles. The van der Waals surface area contributed by atoms with E-state index in [4.69, 9.17) is 10.00 Å². The lowest BCUT2D eigenvalue weighted by molar-refractivity contribution is 0.148. The van der Waals surface area contributed by atoms with E-state index in [9.17, 15) is 0 Å². The molecule has 1 unspecified atom stereocenters. The van der Waals surface area contributed by atoms with Crippen LogP contribution in [0.2, 0.25) is 0 Å². The Morgan fingerprint density at radius 1 is 1.58 bits per heavy atom. The summed E-state index contributed by atoms with van der Waals surface area (Å²) in [6, 6.07) is 2.24. The number of allylic oxidation sites excluding steroid dienone is 2. The highest BCUT2D eigenvalue weighted by Gasteiger charge is 2.22. The van der Waals surface area contributed by atoms with Crippen molar-refractivity contribution in [3.05, 3.63) is 11.3 Å². The van der Waals surface area contributed by atoms with Gasteiger partial charge in [0.05, 0.1) is 18.2 Å². The number of hydrogen-bond donors (Lipinski definition) is 0. The molecule has 0 amide bonds. The normalized spacial score (nSPS) is 23.8. The molecule has 1 aliphatic rings. The highest BCUT2D eigenvalue weighted by molar-refractivity contribution is 5.29. The minimum atomic E-state index is 0.336. The van der Waals surface area contributed by atoms with Gasteiger partial charge in [-0.15, -0.1) is 0 Å². The lowest BCUT2D eigenvalue weighted by Crippen LogP contribution is -2.17. The number of rotatable bonds is 1. The zero-order valence-electron chi connectivity index (χ0n) is 7.92. The highest BCUT2D eigenvalue weighted by Crippen LogP contribution is 2.28. The third kappa shape index (κ3) is 1.61. The van der Waals surface area contributed by atoms with E-state index in [-0.39, 0.29) is 0 Å². The molecule has 0 aromatic rings. The molecule has 0 bridgehead atoms. The number of nitriles is 1. The fraction of sp³-hybridized carbons (Fsp3) is 0.700. The smallest absolute Gasteiger partial charge is 0.112 e. The fourth-order valence-corrected chi connectivity index (χ4v) is 1.45. The first-order valence-corrected chi connectivity index (χ1v) is 4.43. The molecule has 0 N–H and O–H groups in total. The monoisotopic (exact) mass is 165 g/mol. The fourth-order valence-electron chi connectivity index (χ4n) is 1.45. The van der Waals surface area contributed by atoms with E-state index < -0.39 is 0 Å². The van der Waals surface area contributed by atoms with E-state index in [0.29, 0.717) is 11.8 Å². The number of nitrogens with zero attached hydrogens (tertiary/aromatic N) is 1. The molecule has 12 heavy (non-hydrogen) atoms. The Hall–Kier alpha value is -0.970. The first-order chi connectivity index (χ1) is 5.66. The predicted molar refractivity (Wildman–Crippen MR) is 47.2 cm³/mol. The Labute approximate surface area is 73.8 Å². The third-order valence-corrected chi connectivity index (χ3v) is 2.21. The molecule has 1 aliphatic heterocycles. The SMILES string of the molecule is CC(C)C1=C(C#N)C(C)CCO1. The van der Waals surface area contributed by atoms with Crippen LogP contribution in [0.3, 0.4) is 0 Å². The molecule has 1 heterocycles. The van der Waals surface area contributed by atoms with Gasteiger partial charge in [-0.1, -0.05) is 20.8 Å². The van der Waals surface area contributed by atoms with Crippen molar-refractivity contribution in [3.63, 3.8) is 0 Å². The molecule has 0 saturated carbocycles. The molecule has 0 aromatic carbocycles. The van der Waals surface area contributed by atoms with Crippen LogP contribution in [0.25, 0.3) is 0 Å². The van der Waals surface area contributed by atoms with Crippen LogP contribution in [0.1, 0.15) is 27.2 Å². The molecule has 0 saturated heterocycles. The molecule has 1 atom stereocenters. The Bertz CT molecular complexity index is 235. The second kappa shape index (κ2) is 3.62. The Morgan fingerprint density at radius 2 is 2.25 bits per heavy atom. The van der Waals surface area contributed by atoms with Gasteiger partial charge in [0.1, 0.15) is 5.76 Å². The van der Waals surface area contributed by atoms with Gasteiger partial charge in [-0.2, -0.15) is 5.26 Å². The van der Waals surface area contributed by atoms with Gasteiger partial charge in [0.2, 0.25) is 0 Å². The van der Waals surface area contributed by atoms with Crippen LogP contribution in [-0.4, -0.2) is 6.61 Å². The molecule has 2 nitrogen and oxygen atoms in total. The molecule has 0 spiro atoms. The Kier molecular flexibility index (Phi) is 2.75. The summed E-state index contributed by atoms with van der Waals surface area (Å²) in [5.41, 5.74) is 0.844. The summed E-state index contributed by atoms with van der Waals surface area (Å²) >= 11 is 0. The lowest BCUT2D eigenvalue weighted by Gasteiger charge is -2.24. The van der Waals surface area contributed by atoms with Crippen molar-refractivity contribution in [1.82, 2.24) is 0 Å². The van der Waals surface area contributed by atoms with Gasteiger partial charge in [0, 0.05) is 5.92 Å². The molecular formula is C10H15NO. The average Bonchev–Trinajstić information content (AvgIpc) is 2.03. The van der Waals surface area contributed by atoms with E-state index in [1.165, 1.54) is 0 Å². The molecule has 0 fully saturated rings. The first-order valence-electron chi connectivity index (χ1n) is 4.43. The van der Waals surface area contributed by atoms with E-state index in [2.05, 4.69) is 26.8 Å². The highest BCUT2D eigenvalue weighted by atomic mass is 16.5. The zero-order valence-corrected chi connectivity index (χ0v) is 7.92. The van der Waals surface area contributed by atoms with E-state index in [0.717, 1.165) is 24.4 Å². The van der Waals surface area contributed by atoms with Crippen LogP contribution in [0.4, 0.5) is 0 Å². The average molecular weight is 165 g/mol. The van der Waals surface area contributed by atoms with Crippen molar-refractivity contribution in [3.8, 4) is 6.07 Å². The largest absolute Gasteiger partial charge is 0.497 e. The standard InChI is InChI=1S/C10H15NO/c1-7(2)10-9(6-11)8(3)4-5-12-10/h7-8H,4-5H2,1-3H3. The van der Waals surface area contributed by atoms with Crippen LogP contribution in [0.15, 0.2) is 11.3 Å². The maximum atomic E-state index is 8.89.